The van der Waals surface area contributed by atoms with Crippen molar-refractivity contribution in [3.63, 3.8) is 0 Å². The highest BCUT2D eigenvalue weighted by Gasteiger charge is 2.08. The Hall–Kier alpha value is -1.28. The van der Waals surface area contributed by atoms with Gasteiger partial charge in [0.1, 0.15) is 0 Å². The van der Waals surface area contributed by atoms with E-state index in [0.717, 1.165) is 17.5 Å². The van der Waals surface area contributed by atoms with Gasteiger partial charge in [-0.2, -0.15) is 0 Å². The second kappa shape index (κ2) is 5.56. The Balaban J connectivity index is 3.07. The molecule has 0 aromatic heterocycles. The molecule has 0 amide bonds. The highest BCUT2D eigenvalue weighted by molar-refractivity contribution is 6.17. The number of hydrogen-bond donors (Lipinski definition) is 1. The largest absolute Gasteiger partial charge is 0.478 e. The first kappa shape index (κ1) is 11.8. The van der Waals surface area contributed by atoms with Crippen LogP contribution in [-0.4, -0.2) is 17.0 Å². The molecule has 2 nitrogen and oxygen atoms in total. The molecule has 0 radical (unpaired) electrons. The summed E-state index contributed by atoms with van der Waals surface area (Å²) >= 11 is 5.54. The van der Waals surface area contributed by atoms with Gasteiger partial charge in [-0.05, 0) is 30.5 Å². The van der Waals surface area contributed by atoms with Crippen molar-refractivity contribution >= 4 is 23.6 Å². The molecule has 1 aromatic carbocycles. The summed E-state index contributed by atoms with van der Waals surface area (Å²) < 4.78 is 0. The number of hydrogen-bond acceptors (Lipinski definition) is 1. The average molecular weight is 225 g/mol. The van der Waals surface area contributed by atoms with E-state index in [0.29, 0.717) is 11.4 Å². The molecule has 0 atom stereocenters. The Morgan fingerprint density at radius 3 is 2.87 bits per heavy atom. The van der Waals surface area contributed by atoms with Gasteiger partial charge < -0.3 is 5.11 Å². The lowest BCUT2D eigenvalue weighted by atomic mass is 10.0. The lowest BCUT2D eigenvalue weighted by Crippen LogP contribution is -2.00. The van der Waals surface area contributed by atoms with E-state index >= 15 is 0 Å². The fourth-order valence-corrected chi connectivity index (χ4v) is 1.48. The number of rotatable bonds is 4. The maximum atomic E-state index is 10.9. The molecule has 1 rings (SSSR count). The third kappa shape index (κ3) is 3.10. The maximum absolute atomic E-state index is 10.9. The van der Waals surface area contributed by atoms with Crippen molar-refractivity contribution in [1.29, 1.82) is 0 Å². The van der Waals surface area contributed by atoms with Crippen molar-refractivity contribution in [3.8, 4) is 0 Å². The van der Waals surface area contributed by atoms with E-state index in [-0.39, 0.29) is 0 Å². The second-order valence-corrected chi connectivity index (χ2v) is 3.60. The summed E-state index contributed by atoms with van der Waals surface area (Å²) in [7, 11) is 0. The average Bonchev–Trinajstić information content (AvgIpc) is 2.20. The number of carbonyl (C=O) groups is 1. The fraction of sp³-hybridized carbons (Fsp3) is 0.250. The van der Waals surface area contributed by atoms with Gasteiger partial charge in [0.15, 0.2) is 0 Å². The van der Waals surface area contributed by atoms with Gasteiger partial charge in [-0.1, -0.05) is 24.3 Å². The molecular weight excluding hydrogens is 212 g/mol. The van der Waals surface area contributed by atoms with Crippen LogP contribution in [0.2, 0.25) is 0 Å². The van der Waals surface area contributed by atoms with Gasteiger partial charge in [0, 0.05) is 5.88 Å². The molecule has 0 saturated carbocycles. The molecule has 0 aliphatic heterocycles. The van der Waals surface area contributed by atoms with Crippen LogP contribution in [0.1, 0.15) is 27.9 Å². The molecular formula is C12H13ClO2. The molecule has 0 saturated heterocycles. The lowest BCUT2D eigenvalue weighted by molar-refractivity contribution is 0.0696. The highest BCUT2D eigenvalue weighted by Crippen LogP contribution is 2.16. The van der Waals surface area contributed by atoms with Crippen LogP contribution < -0.4 is 0 Å². The minimum atomic E-state index is -0.899. The Morgan fingerprint density at radius 2 is 2.27 bits per heavy atom. The number of benzene rings is 1. The molecule has 80 valence electrons. The second-order valence-electron chi connectivity index (χ2n) is 3.22. The first-order valence-electron chi connectivity index (χ1n) is 4.72. The number of carboxylic acids is 1. The van der Waals surface area contributed by atoms with Crippen LogP contribution in [0.3, 0.4) is 0 Å². The fourth-order valence-electron chi connectivity index (χ4n) is 1.35. The van der Waals surface area contributed by atoms with Gasteiger partial charge in [-0.25, -0.2) is 4.79 Å². The lowest BCUT2D eigenvalue weighted by Gasteiger charge is -2.04. The zero-order valence-corrected chi connectivity index (χ0v) is 9.29. The van der Waals surface area contributed by atoms with Crippen LogP contribution in [0, 0.1) is 6.92 Å². The molecule has 0 aliphatic carbocycles. The zero-order chi connectivity index (χ0) is 11.3. The van der Waals surface area contributed by atoms with E-state index in [4.69, 9.17) is 16.7 Å². The molecule has 0 aliphatic rings. The van der Waals surface area contributed by atoms with Crippen LogP contribution in [-0.2, 0) is 0 Å². The van der Waals surface area contributed by atoms with Gasteiger partial charge in [-0.3, -0.25) is 0 Å². The van der Waals surface area contributed by atoms with Crippen LogP contribution in [0.25, 0.3) is 6.08 Å². The summed E-state index contributed by atoms with van der Waals surface area (Å²) in [6.07, 6.45) is 4.46. The molecule has 1 aromatic rings. The Morgan fingerprint density at radius 1 is 1.53 bits per heavy atom. The van der Waals surface area contributed by atoms with Crippen LogP contribution in [0.5, 0.6) is 0 Å². The van der Waals surface area contributed by atoms with Crippen molar-refractivity contribution in [2.24, 2.45) is 0 Å². The number of carboxylic acid groups (broad SMARTS) is 1. The first-order valence-corrected chi connectivity index (χ1v) is 5.25. The summed E-state index contributed by atoms with van der Waals surface area (Å²) in [5.41, 5.74) is 2.05. The van der Waals surface area contributed by atoms with Crippen molar-refractivity contribution < 1.29 is 9.90 Å². The first-order chi connectivity index (χ1) is 7.16. The highest BCUT2D eigenvalue weighted by atomic mass is 35.5. The van der Waals surface area contributed by atoms with Crippen molar-refractivity contribution in [2.75, 3.05) is 5.88 Å². The Kier molecular flexibility index (Phi) is 4.37. The monoisotopic (exact) mass is 224 g/mol. The number of aromatic carboxylic acids is 1. The number of allylic oxidation sites excluding steroid dienone is 1. The van der Waals surface area contributed by atoms with Crippen molar-refractivity contribution in [3.05, 3.63) is 41.0 Å². The van der Waals surface area contributed by atoms with Crippen LogP contribution in [0.4, 0.5) is 0 Å². The van der Waals surface area contributed by atoms with Gasteiger partial charge in [-0.15, -0.1) is 11.6 Å². The van der Waals surface area contributed by atoms with E-state index in [1.54, 1.807) is 12.1 Å². The molecule has 0 bridgehead atoms. The van der Waals surface area contributed by atoms with Crippen LogP contribution >= 0.6 is 11.6 Å². The van der Waals surface area contributed by atoms with Gasteiger partial charge in [0.25, 0.3) is 0 Å². The van der Waals surface area contributed by atoms with Gasteiger partial charge >= 0.3 is 5.97 Å². The molecule has 1 N–H and O–H groups in total. The Labute approximate surface area is 94.2 Å². The van der Waals surface area contributed by atoms with Crippen LogP contribution in [0.15, 0.2) is 24.3 Å². The third-order valence-electron chi connectivity index (χ3n) is 2.11. The molecule has 15 heavy (non-hydrogen) atoms. The summed E-state index contributed by atoms with van der Waals surface area (Å²) in [5, 5.41) is 8.99. The molecule has 0 fully saturated rings. The maximum Gasteiger partial charge on any atom is 0.336 e. The van der Waals surface area contributed by atoms with Crippen molar-refractivity contribution in [1.82, 2.24) is 0 Å². The predicted octanol–water partition coefficient (Wildman–Crippen LogP) is 3.34. The molecule has 3 heteroatoms. The zero-order valence-electron chi connectivity index (χ0n) is 8.53. The summed E-state index contributed by atoms with van der Waals surface area (Å²) in [5.74, 6) is -0.352. The van der Waals surface area contributed by atoms with E-state index in [1.165, 1.54) is 0 Å². The minimum Gasteiger partial charge on any atom is -0.478 e. The van der Waals surface area contributed by atoms with E-state index in [2.05, 4.69) is 0 Å². The normalized spacial score (nSPS) is 10.8. The van der Waals surface area contributed by atoms with Gasteiger partial charge in [0.2, 0.25) is 0 Å². The summed E-state index contributed by atoms with van der Waals surface area (Å²) in [6.45, 7) is 1.90. The van der Waals surface area contributed by atoms with Crippen molar-refractivity contribution in [2.45, 2.75) is 13.3 Å². The third-order valence-corrected chi connectivity index (χ3v) is 2.33. The summed E-state index contributed by atoms with van der Waals surface area (Å²) in [6, 6.07) is 5.25. The Bertz CT molecular complexity index is 383. The topological polar surface area (TPSA) is 37.3 Å². The van der Waals surface area contributed by atoms with E-state index in [9.17, 15) is 4.79 Å². The minimum absolute atomic E-state index is 0.334. The number of aryl methyl sites for hydroxylation is 1. The van der Waals surface area contributed by atoms with Gasteiger partial charge in [0.05, 0.1) is 5.56 Å². The molecule has 0 heterocycles. The van der Waals surface area contributed by atoms with E-state index in [1.807, 2.05) is 25.1 Å². The molecule has 0 spiro atoms. The number of halogens is 1. The summed E-state index contributed by atoms with van der Waals surface area (Å²) in [4.78, 5) is 10.9. The quantitative estimate of drug-likeness (QED) is 0.797. The molecule has 0 unspecified atom stereocenters. The smallest absolute Gasteiger partial charge is 0.336 e. The SMILES string of the molecule is Cc1cccc(C(=O)O)c1C=CCCCl. The number of alkyl halides is 1. The van der Waals surface area contributed by atoms with E-state index < -0.39 is 5.97 Å². The standard InChI is InChI=1S/C12H13ClO2/c1-9-5-4-7-11(12(14)15)10(9)6-2-3-8-13/h2,4-7H,3,8H2,1H3,(H,14,15). The predicted molar refractivity (Wildman–Crippen MR) is 62.5 cm³/mol.